The first-order valence-corrected chi connectivity index (χ1v) is 5.05. The summed E-state index contributed by atoms with van der Waals surface area (Å²) in [6.45, 7) is 1.40. The molecule has 1 rings (SSSR count). The summed E-state index contributed by atoms with van der Waals surface area (Å²) in [5.74, 6) is -0.183. The molecule has 0 N–H and O–H groups in total. The molecule has 80 valence electrons. The zero-order chi connectivity index (χ0) is 11.4. The number of methoxy groups -OCH3 is 1. The van der Waals surface area contributed by atoms with Crippen molar-refractivity contribution in [1.29, 1.82) is 0 Å². The Morgan fingerprint density at radius 1 is 1.53 bits per heavy atom. The van der Waals surface area contributed by atoms with Gasteiger partial charge in [-0.2, -0.15) is 0 Å². The molecule has 1 aromatic rings. The molecule has 0 bridgehead atoms. The molecule has 1 aromatic carbocycles. The molecule has 0 fully saturated rings. The van der Waals surface area contributed by atoms with E-state index in [-0.39, 0.29) is 11.3 Å². The lowest BCUT2D eigenvalue weighted by molar-refractivity contribution is -0.112. The van der Waals surface area contributed by atoms with E-state index >= 15 is 0 Å². The Balaban J connectivity index is 3.20. The van der Waals surface area contributed by atoms with Crippen molar-refractivity contribution >= 4 is 27.8 Å². The Labute approximate surface area is 95.9 Å². The standard InChI is InChI=1S/C11H10BrFO2/c1-7(14)3-4-9-10(13)5-8(12)6-11(9)15-2/h3-6H,1-2H3/b4-3+. The van der Waals surface area contributed by atoms with E-state index in [2.05, 4.69) is 15.9 Å². The summed E-state index contributed by atoms with van der Waals surface area (Å²) in [4.78, 5) is 10.7. The molecule has 0 aromatic heterocycles. The molecule has 0 saturated heterocycles. The highest BCUT2D eigenvalue weighted by Crippen LogP contribution is 2.27. The van der Waals surface area contributed by atoms with Crippen LogP contribution in [-0.2, 0) is 4.79 Å². The van der Waals surface area contributed by atoms with Gasteiger partial charge in [-0.3, -0.25) is 4.79 Å². The third kappa shape index (κ3) is 3.16. The van der Waals surface area contributed by atoms with Crippen LogP contribution in [0.25, 0.3) is 6.08 Å². The second-order valence-corrected chi connectivity index (χ2v) is 3.86. The smallest absolute Gasteiger partial charge is 0.152 e. The Bertz CT molecular complexity index is 413. The van der Waals surface area contributed by atoms with Gasteiger partial charge >= 0.3 is 0 Å². The predicted octanol–water partition coefficient (Wildman–Crippen LogP) is 3.20. The molecule has 0 radical (unpaired) electrons. The van der Waals surface area contributed by atoms with Gasteiger partial charge in [-0.05, 0) is 31.2 Å². The second kappa shape index (κ2) is 5.07. The molecule has 4 heteroatoms. The maximum absolute atomic E-state index is 13.5. The lowest BCUT2D eigenvalue weighted by Crippen LogP contribution is -1.92. The lowest BCUT2D eigenvalue weighted by Gasteiger charge is -2.06. The molecular formula is C11H10BrFO2. The molecule has 0 amide bonds. The van der Waals surface area contributed by atoms with Gasteiger partial charge in [0.05, 0.1) is 12.7 Å². The monoisotopic (exact) mass is 272 g/mol. The minimum Gasteiger partial charge on any atom is -0.496 e. The van der Waals surface area contributed by atoms with Crippen LogP contribution >= 0.6 is 15.9 Å². The Hall–Kier alpha value is -1.16. The summed E-state index contributed by atoms with van der Waals surface area (Å²) in [6.07, 6.45) is 2.71. The molecule has 0 spiro atoms. The van der Waals surface area contributed by atoms with Crippen molar-refractivity contribution in [2.45, 2.75) is 6.92 Å². The van der Waals surface area contributed by atoms with Gasteiger partial charge < -0.3 is 4.74 Å². The second-order valence-electron chi connectivity index (χ2n) is 2.95. The highest BCUT2D eigenvalue weighted by molar-refractivity contribution is 9.10. The van der Waals surface area contributed by atoms with Crippen LogP contribution < -0.4 is 4.74 Å². The third-order valence-electron chi connectivity index (χ3n) is 1.76. The zero-order valence-corrected chi connectivity index (χ0v) is 9.97. The lowest BCUT2D eigenvalue weighted by atomic mass is 10.1. The van der Waals surface area contributed by atoms with Gasteiger partial charge in [-0.15, -0.1) is 0 Å². The summed E-state index contributed by atoms with van der Waals surface area (Å²) in [5, 5.41) is 0. The van der Waals surface area contributed by atoms with Gasteiger partial charge in [0.15, 0.2) is 5.78 Å². The van der Waals surface area contributed by atoms with Gasteiger partial charge in [-0.25, -0.2) is 4.39 Å². The van der Waals surface area contributed by atoms with Crippen molar-refractivity contribution in [3.63, 3.8) is 0 Å². The molecule has 0 atom stereocenters. The molecule has 2 nitrogen and oxygen atoms in total. The number of carbonyl (C=O) groups is 1. The van der Waals surface area contributed by atoms with Crippen LogP contribution in [0, 0.1) is 5.82 Å². The van der Waals surface area contributed by atoms with Crippen molar-refractivity contribution in [3.05, 3.63) is 34.1 Å². The maximum atomic E-state index is 13.5. The summed E-state index contributed by atoms with van der Waals surface area (Å²) in [7, 11) is 1.45. The Morgan fingerprint density at radius 2 is 2.20 bits per heavy atom. The molecular weight excluding hydrogens is 263 g/mol. The topological polar surface area (TPSA) is 26.3 Å². The fourth-order valence-electron chi connectivity index (χ4n) is 1.09. The predicted molar refractivity (Wildman–Crippen MR) is 60.4 cm³/mol. The fourth-order valence-corrected chi connectivity index (χ4v) is 1.50. The zero-order valence-electron chi connectivity index (χ0n) is 8.38. The van der Waals surface area contributed by atoms with Crippen LogP contribution in [0.1, 0.15) is 12.5 Å². The first-order chi connectivity index (χ1) is 7.04. The van der Waals surface area contributed by atoms with Gasteiger partial charge in [0.25, 0.3) is 0 Å². The number of ether oxygens (including phenoxy) is 1. The first kappa shape index (κ1) is 11.9. The van der Waals surface area contributed by atoms with E-state index in [0.29, 0.717) is 10.2 Å². The Morgan fingerprint density at radius 3 is 2.73 bits per heavy atom. The number of halogens is 2. The van der Waals surface area contributed by atoms with Crippen LogP contribution in [0.2, 0.25) is 0 Å². The van der Waals surface area contributed by atoms with E-state index in [4.69, 9.17) is 4.74 Å². The number of carbonyl (C=O) groups excluding carboxylic acids is 1. The average Bonchev–Trinajstić information content (AvgIpc) is 2.14. The number of benzene rings is 1. The summed E-state index contributed by atoms with van der Waals surface area (Å²) in [5.41, 5.74) is 0.274. The van der Waals surface area contributed by atoms with Crippen LogP contribution in [0.4, 0.5) is 4.39 Å². The molecule has 0 aliphatic heterocycles. The SMILES string of the molecule is COc1cc(Br)cc(F)c1/C=C/C(C)=O. The maximum Gasteiger partial charge on any atom is 0.152 e. The first-order valence-electron chi connectivity index (χ1n) is 4.26. The van der Waals surface area contributed by atoms with Crippen molar-refractivity contribution in [3.8, 4) is 5.75 Å². The van der Waals surface area contributed by atoms with E-state index in [1.807, 2.05) is 0 Å². The normalized spacial score (nSPS) is 10.7. The van der Waals surface area contributed by atoms with Gasteiger partial charge in [0, 0.05) is 4.47 Å². The molecule has 0 saturated carbocycles. The van der Waals surface area contributed by atoms with Gasteiger partial charge in [0.1, 0.15) is 11.6 Å². The van der Waals surface area contributed by atoms with Gasteiger partial charge in [-0.1, -0.05) is 15.9 Å². The minimum absolute atomic E-state index is 0.139. The fraction of sp³-hybridized carbons (Fsp3) is 0.182. The Kier molecular flexibility index (Phi) is 4.03. The number of ketones is 1. The van der Waals surface area contributed by atoms with E-state index in [1.54, 1.807) is 6.07 Å². The highest BCUT2D eigenvalue weighted by Gasteiger charge is 2.08. The number of rotatable bonds is 3. The molecule has 15 heavy (non-hydrogen) atoms. The van der Waals surface area contributed by atoms with Gasteiger partial charge in [0.2, 0.25) is 0 Å². The van der Waals surface area contributed by atoms with E-state index < -0.39 is 5.82 Å². The van der Waals surface area contributed by atoms with E-state index in [1.165, 1.54) is 32.3 Å². The van der Waals surface area contributed by atoms with Crippen molar-refractivity contribution < 1.29 is 13.9 Å². The number of allylic oxidation sites excluding steroid dienone is 1. The molecule has 0 aliphatic rings. The third-order valence-corrected chi connectivity index (χ3v) is 2.22. The van der Waals surface area contributed by atoms with E-state index in [9.17, 15) is 9.18 Å². The van der Waals surface area contributed by atoms with Crippen LogP contribution in [-0.4, -0.2) is 12.9 Å². The van der Waals surface area contributed by atoms with Crippen molar-refractivity contribution in [2.75, 3.05) is 7.11 Å². The number of hydrogen-bond acceptors (Lipinski definition) is 2. The molecule has 0 heterocycles. The van der Waals surface area contributed by atoms with Crippen LogP contribution in [0.3, 0.4) is 0 Å². The largest absolute Gasteiger partial charge is 0.496 e. The van der Waals surface area contributed by atoms with Crippen molar-refractivity contribution in [1.82, 2.24) is 0 Å². The summed E-state index contributed by atoms with van der Waals surface area (Å²) < 4.78 is 19.1. The van der Waals surface area contributed by atoms with Crippen molar-refractivity contribution in [2.24, 2.45) is 0 Å². The summed E-state index contributed by atoms with van der Waals surface area (Å²) in [6, 6.07) is 2.96. The number of hydrogen-bond donors (Lipinski definition) is 0. The quantitative estimate of drug-likeness (QED) is 0.790. The average molecular weight is 273 g/mol. The minimum atomic E-state index is -0.432. The molecule has 0 aliphatic carbocycles. The highest BCUT2D eigenvalue weighted by atomic mass is 79.9. The van der Waals surface area contributed by atoms with Crippen LogP contribution in [0.5, 0.6) is 5.75 Å². The van der Waals surface area contributed by atoms with E-state index in [0.717, 1.165) is 0 Å². The molecule has 0 unspecified atom stereocenters. The van der Waals surface area contributed by atoms with Crippen LogP contribution in [0.15, 0.2) is 22.7 Å². The summed E-state index contributed by atoms with van der Waals surface area (Å²) >= 11 is 3.16.